The van der Waals surface area contributed by atoms with Gasteiger partial charge in [-0.05, 0) is 49.3 Å². The van der Waals surface area contributed by atoms with Crippen molar-refractivity contribution in [3.63, 3.8) is 0 Å². The number of anilines is 1. The van der Waals surface area contributed by atoms with E-state index in [1.54, 1.807) is 0 Å². The highest BCUT2D eigenvalue weighted by Gasteiger charge is 2.29. The van der Waals surface area contributed by atoms with Gasteiger partial charge in [-0.15, -0.1) is 0 Å². The summed E-state index contributed by atoms with van der Waals surface area (Å²) in [5, 5.41) is 0. The third-order valence-electron chi connectivity index (χ3n) is 4.03. The number of benzene rings is 1. The van der Waals surface area contributed by atoms with Crippen LogP contribution in [-0.4, -0.2) is 12.6 Å². The Morgan fingerprint density at radius 2 is 1.84 bits per heavy atom. The Bertz CT molecular complexity index is 379. The number of hydrogen-bond donors (Lipinski definition) is 1. The molecule has 0 heterocycles. The molecule has 1 fully saturated rings. The molecule has 0 unspecified atom stereocenters. The molecule has 1 aromatic rings. The van der Waals surface area contributed by atoms with E-state index in [1.165, 1.54) is 37.1 Å². The molecule has 1 aromatic carbocycles. The molecule has 0 bridgehead atoms. The second-order valence-electron chi connectivity index (χ2n) is 6.21. The van der Waals surface area contributed by atoms with Gasteiger partial charge >= 0.3 is 0 Å². The fraction of sp³-hybridized carbons (Fsp3) is 0.647. The van der Waals surface area contributed by atoms with Gasteiger partial charge in [0.15, 0.2) is 0 Å². The molecule has 0 amide bonds. The van der Waals surface area contributed by atoms with Crippen molar-refractivity contribution in [1.82, 2.24) is 0 Å². The summed E-state index contributed by atoms with van der Waals surface area (Å²) in [5.74, 6) is 0.772. The minimum absolute atomic E-state index is 0.180. The Kier molecular flexibility index (Phi) is 4.87. The van der Waals surface area contributed by atoms with E-state index in [1.807, 2.05) is 0 Å². The Labute approximate surface area is 118 Å². The van der Waals surface area contributed by atoms with Gasteiger partial charge in [-0.25, -0.2) is 0 Å². The summed E-state index contributed by atoms with van der Waals surface area (Å²) in [4.78, 5) is 2.58. The molecule has 2 nitrogen and oxygen atoms in total. The molecule has 0 radical (unpaired) electrons. The fourth-order valence-electron chi connectivity index (χ4n) is 2.45. The first kappa shape index (κ1) is 14.4. The molecule has 0 aliphatic heterocycles. The molecule has 1 aliphatic rings. The topological polar surface area (TPSA) is 29.3 Å². The van der Waals surface area contributed by atoms with Crippen LogP contribution in [0.4, 0.5) is 5.69 Å². The minimum atomic E-state index is 0.180. The zero-order valence-corrected chi connectivity index (χ0v) is 12.6. The predicted octanol–water partition coefficient (Wildman–Crippen LogP) is 4.11. The van der Waals surface area contributed by atoms with Gasteiger partial charge in [0.2, 0.25) is 0 Å². The molecular formula is C17H28N2. The van der Waals surface area contributed by atoms with Crippen molar-refractivity contribution >= 4 is 5.69 Å². The summed E-state index contributed by atoms with van der Waals surface area (Å²) in [5.41, 5.74) is 8.70. The average molecular weight is 260 g/mol. The monoisotopic (exact) mass is 260 g/mol. The van der Waals surface area contributed by atoms with Crippen LogP contribution in [0.1, 0.15) is 58.1 Å². The van der Waals surface area contributed by atoms with Crippen molar-refractivity contribution in [2.75, 3.05) is 11.4 Å². The predicted molar refractivity (Wildman–Crippen MR) is 83.5 cm³/mol. The molecule has 0 saturated heterocycles. The highest BCUT2D eigenvalue weighted by molar-refractivity contribution is 5.50. The maximum absolute atomic E-state index is 6.08. The second-order valence-corrected chi connectivity index (χ2v) is 6.21. The molecule has 106 valence electrons. The molecular weight excluding hydrogens is 232 g/mol. The normalized spacial score (nSPS) is 16.7. The summed E-state index contributed by atoms with van der Waals surface area (Å²) in [6, 6.07) is 9.87. The first-order valence-corrected chi connectivity index (χ1v) is 7.74. The minimum Gasteiger partial charge on any atom is -0.369 e. The summed E-state index contributed by atoms with van der Waals surface area (Å²) < 4.78 is 0. The van der Waals surface area contributed by atoms with E-state index in [0.29, 0.717) is 0 Å². The van der Waals surface area contributed by atoms with Crippen molar-refractivity contribution < 1.29 is 0 Å². The zero-order valence-electron chi connectivity index (χ0n) is 12.6. The number of hydrogen-bond acceptors (Lipinski definition) is 2. The first-order chi connectivity index (χ1) is 9.11. The van der Waals surface area contributed by atoms with Gasteiger partial charge in [0.1, 0.15) is 0 Å². The molecule has 0 spiro atoms. The highest BCUT2D eigenvalue weighted by atomic mass is 15.2. The zero-order chi connectivity index (χ0) is 13.8. The maximum Gasteiger partial charge on any atom is 0.0368 e. The summed E-state index contributed by atoms with van der Waals surface area (Å²) in [7, 11) is 0. The molecule has 2 rings (SSSR count). The van der Waals surface area contributed by atoms with Gasteiger partial charge in [0.05, 0.1) is 0 Å². The molecule has 19 heavy (non-hydrogen) atoms. The van der Waals surface area contributed by atoms with Crippen LogP contribution in [0, 0.1) is 5.92 Å². The Morgan fingerprint density at radius 1 is 1.21 bits per heavy atom. The number of rotatable bonds is 7. The van der Waals surface area contributed by atoms with Crippen molar-refractivity contribution in [3.05, 3.63) is 29.8 Å². The SMILES string of the molecule is CC[C@@H](N)c1ccc(N(CCC(C)C)C2CC2)cc1. The lowest BCUT2D eigenvalue weighted by atomic mass is 10.0. The van der Waals surface area contributed by atoms with Crippen LogP contribution in [0.5, 0.6) is 0 Å². The molecule has 2 N–H and O–H groups in total. The molecule has 2 heteroatoms. The lowest BCUT2D eigenvalue weighted by Gasteiger charge is -2.26. The number of nitrogens with zero attached hydrogens (tertiary/aromatic N) is 1. The third-order valence-corrected chi connectivity index (χ3v) is 4.03. The quantitative estimate of drug-likeness (QED) is 0.799. The van der Waals surface area contributed by atoms with Crippen molar-refractivity contribution in [2.45, 2.75) is 58.5 Å². The largest absolute Gasteiger partial charge is 0.369 e. The van der Waals surface area contributed by atoms with Crippen LogP contribution in [-0.2, 0) is 0 Å². The van der Waals surface area contributed by atoms with Gasteiger partial charge < -0.3 is 10.6 Å². The summed E-state index contributed by atoms with van der Waals surface area (Å²) in [6.07, 6.45) is 4.98. The lowest BCUT2D eigenvalue weighted by Crippen LogP contribution is -2.27. The third kappa shape index (κ3) is 3.97. The van der Waals surface area contributed by atoms with Gasteiger partial charge in [-0.3, -0.25) is 0 Å². The smallest absolute Gasteiger partial charge is 0.0368 e. The summed E-state index contributed by atoms with van der Waals surface area (Å²) >= 11 is 0. The van der Waals surface area contributed by atoms with E-state index in [2.05, 4.69) is 49.9 Å². The van der Waals surface area contributed by atoms with Crippen LogP contribution in [0.2, 0.25) is 0 Å². The lowest BCUT2D eigenvalue weighted by molar-refractivity contribution is 0.570. The fourth-order valence-corrected chi connectivity index (χ4v) is 2.45. The van der Waals surface area contributed by atoms with E-state index < -0.39 is 0 Å². The van der Waals surface area contributed by atoms with Crippen molar-refractivity contribution in [2.24, 2.45) is 11.7 Å². The molecule has 1 saturated carbocycles. The van der Waals surface area contributed by atoms with Crippen LogP contribution < -0.4 is 10.6 Å². The van der Waals surface area contributed by atoms with E-state index in [-0.39, 0.29) is 6.04 Å². The van der Waals surface area contributed by atoms with Gasteiger partial charge in [-0.2, -0.15) is 0 Å². The van der Waals surface area contributed by atoms with E-state index in [0.717, 1.165) is 18.4 Å². The van der Waals surface area contributed by atoms with E-state index in [4.69, 9.17) is 5.73 Å². The van der Waals surface area contributed by atoms with Crippen molar-refractivity contribution in [1.29, 1.82) is 0 Å². The molecule has 1 aliphatic carbocycles. The van der Waals surface area contributed by atoms with E-state index >= 15 is 0 Å². The van der Waals surface area contributed by atoms with Gasteiger partial charge in [0, 0.05) is 24.3 Å². The van der Waals surface area contributed by atoms with Crippen LogP contribution >= 0.6 is 0 Å². The van der Waals surface area contributed by atoms with E-state index in [9.17, 15) is 0 Å². The Hall–Kier alpha value is -1.02. The standard InChI is InChI=1S/C17H28N2/c1-4-17(18)14-5-7-15(8-6-14)19(16-9-10-16)12-11-13(2)3/h5-8,13,16-17H,4,9-12,18H2,1-3H3/t17-/m1/s1. The van der Waals surface area contributed by atoms with Gasteiger partial charge in [0.25, 0.3) is 0 Å². The highest BCUT2D eigenvalue weighted by Crippen LogP contribution is 2.32. The first-order valence-electron chi connectivity index (χ1n) is 7.74. The molecule has 1 atom stereocenters. The van der Waals surface area contributed by atoms with Crippen molar-refractivity contribution in [3.8, 4) is 0 Å². The van der Waals surface area contributed by atoms with Crippen LogP contribution in [0.3, 0.4) is 0 Å². The molecule has 0 aromatic heterocycles. The van der Waals surface area contributed by atoms with Gasteiger partial charge in [-0.1, -0.05) is 32.9 Å². The van der Waals surface area contributed by atoms with Crippen LogP contribution in [0.25, 0.3) is 0 Å². The Morgan fingerprint density at radius 3 is 2.32 bits per heavy atom. The number of nitrogens with two attached hydrogens (primary N) is 1. The summed E-state index contributed by atoms with van der Waals surface area (Å²) in [6.45, 7) is 7.92. The maximum atomic E-state index is 6.08. The average Bonchev–Trinajstić information content (AvgIpc) is 3.23. The Balaban J connectivity index is 2.04. The second kappa shape index (κ2) is 6.42. The van der Waals surface area contributed by atoms with Crippen LogP contribution in [0.15, 0.2) is 24.3 Å².